The third-order valence-electron chi connectivity index (χ3n) is 6.15. The van der Waals surface area contributed by atoms with Crippen molar-refractivity contribution in [1.29, 1.82) is 0 Å². The lowest BCUT2D eigenvalue weighted by Crippen LogP contribution is -2.45. The van der Waals surface area contributed by atoms with Crippen LogP contribution in [-0.4, -0.2) is 32.1 Å². The lowest BCUT2D eigenvalue weighted by atomic mass is 9.56. The molecule has 0 spiro atoms. The molecule has 0 unspecified atom stereocenters. The summed E-state index contributed by atoms with van der Waals surface area (Å²) >= 11 is 0. The number of benzene rings is 4. The molecule has 4 aromatic rings. The fourth-order valence-electron chi connectivity index (χ4n) is 4.44. The van der Waals surface area contributed by atoms with Gasteiger partial charge in [0.25, 0.3) is 0 Å². The molecule has 5 rings (SSSR count). The molecule has 0 saturated carbocycles. The highest BCUT2D eigenvalue weighted by Crippen LogP contribution is 2.37. The highest BCUT2D eigenvalue weighted by molar-refractivity contribution is 6.69. The number of carbonyl (C=O) groups is 1. The van der Waals surface area contributed by atoms with Gasteiger partial charge >= 0.3 is 6.98 Å². The molecular weight excluding hydrogens is 385 g/mol. The summed E-state index contributed by atoms with van der Waals surface area (Å²) in [4.78, 5) is 18.0. The number of carbonyl (C=O) groups excluding carboxylic acids is 1. The molecule has 31 heavy (non-hydrogen) atoms. The number of nitrogens with zero attached hydrogens (tertiary/aromatic N) is 1. The average Bonchev–Trinajstić information content (AvgIpc) is 2.81. The second kappa shape index (κ2) is 7.97. The zero-order valence-electron chi connectivity index (χ0n) is 17.6. The molecule has 0 bridgehead atoms. The molecule has 1 heterocycles. The zero-order valence-corrected chi connectivity index (χ0v) is 17.6. The largest absolute Gasteiger partial charge is 0.408 e. The Morgan fingerprint density at radius 3 is 2.23 bits per heavy atom. The Hall–Kier alpha value is -3.51. The van der Waals surface area contributed by atoms with Crippen molar-refractivity contribution in [2.75, 3.05) is 24.6 Å². The van der Waals surface area contributed by atoms with Crippen LogP contribution in [-0.2, 0) is 9.63 Å². The van der Waals surface area contributed by atoms with Crippen LogP contribution in [0.1, 0.15) is 17.8 Å². The Bertz CT molecular complexity index is 1240. The third kappa shape index (κ3) is 3.60. The lowest BCUT2D eigenvalue weighted by Gasteiger charge is -2.32. The van der Waals surface area contributed by atoms with Crippen LogP contribution in [0.15, 0.2) is 78.9 Å². The Labute approximate surface area is 182 Å². The van der Waals surface area contributed by atoms with Gasteiger partial charge in [-0.3, -0.25) is 9.63 Å². The quantitative estimate of drug-likeness (QED) is 0.358. The van der Waals surface area contributed by atoms with Crippen molar-refractivity contribution in [3.8, 4) is 0 Å². The first-order chi connectivity index (χ1) is 15.1. The average molecular weight is 409 g/mol. The van der Waals surface area contributed by atoms with E-state index in [1.54, 1.807) is 7.05 Å². The van der Waals surface area contributed by atoms with Gasteiger partial charge in [-0.15, -0.1) is 0 Å². The maximum atomic E-state index is 12.8. The van der Waals surface area contributed by atoms with Crippen LogP contribution in [0.25, 0.3) is 21.5 Å². The Morgan fingerprint density at radius 1 is 0.903 bits per heavy atom. The summed E-state index contributed by atoms with van der Waals surface area (Å²) in [6.45, 7) is -0.143. The van der Waals surface area contributed by atoms with Crippen molar-refractivity contribution in [3.05, 3.63) is 84.4 Å². The fraction of sp³-hybridized carbons (Fsp3) is 0.160. The van der Waals surface area contributed by atoms with E-state index in [1.807, 2.05) is 12.1 Å². The smallest absolute Gasteiger partial charge is 0.378 e. The summed E-state index contributed by atoms with van der Waals surface area (Å²) in [5, 5.41) is 13.3. The molecule has 0 aromatic heterocycles. The van der Waals surface area contributed by atoms with Gasteiger partial charge in [0.05, 0.1) is 7.11 Å². The summed E-state index contributed by atoms with van der Waals surface area (Å²) < 4.78 is 0. The predicted octanol–water partition coefficient (Wildman–Crippen LogP) is 5.05. The monoisotopic (exact) mass is 409 g/mol. The molecule has 0 radical (unpaired) electrons. The van der Waals surface area contributed by atoms with Crippen molar-refractivity contribution in [3.63, 3.8) is 0 Å². The molecule has 0 fully saturated rings. The van der Waals surface area contributed by atoms with E-state index in [0.717, 1.165) is 22.3 Å². The van der Waals surface area contributed by atoms with Crippen LogP contribution in [0.3, 0.4) is 0 Å². The number of anilines is 2. The van der Waals surface area contributed by atoms with Gasteiger partial charge in [0.2, 0.25) is 5.91 Å². The molecule has 6 heteroatoms. The SMILES string of the molecule is CON(C)C(=O)C[C@@H](B1Nc2cccc3cccc(c23)N1)c1ccc2ccccc2c1. The third-order valence-corrected chi connectivity index (χ3v) is 6.15. The van der Waals surface area contributed by atoms with Gasteiger partial charge < -0.3 is 10.5 Å². The van der Waals surface area contributed by atoms with Gasteiger partial charge in [-0.1, -0.05) is 66.7 Å². The molecule has 1 aliphatic rings. The van der Waals surface area contributed by atoms with Crippen LogP contribution in [0.2, 0.25) is 0 Å². The number of hydrogen-bond acceptors (Lipinski definition) is 4. The van der Waals surface area contributed by atoms with E-state index in [1.165, 1.54) is 28.3 Å². The standard InChI is InChI=1S/C25H24BN3O2/c1-29(31-2)24(30)16-21(20-14-13-17-7-3-4-8-19(17)15-20)26-27-22-11-5-9-18-10-6-12-23(28-26)25(18)22/h3-15,21,27-28H,16H2,1-2H3/t21-/m1/s1. The number of hydroxylamine groups is 2. The van der Waals surface area contributed by atoms with Crippen molar-refractivity contribution in [2.45, 2.75) is 12.2 Å². The van der Waals surface area contributed by atoms with Crippen LogP contribution in [0, 0.1) is 0 Å². The minimum Gasteiger partial charge on any atom is -0.408 e. The molecular formula is C25H24BN3O2. The van der Waals surface area contributed by atoms with E-state index < -0.39 is 0 Å². The van der Waals surface area contributed by atoms with E-state index >= 15 is 0 Å². The van der Waals surface area contributed by atoms with Gasteiger partial charge in [0.15, 0.2) is 0 Å². The molecule has 5 nitrogen and oxygen atoms in total. The molecule has 154 valence electrons. The van der Waals surface area contributed by atoms with Gasteiger partial charge in [-0.2, -0.15) is 0 Å². The summed E-state index contributed by atoms with van der Waals surface area (Å²) in [6, 6.07) is 27.3. The van der Waals surface area contributed by atoms with Crippen LogP contribution < -0.4 is 10.5 Å². The highest BCUT2D eigenvalue weighted by Gasteiger charge is 2.35. The van der Waals surface area contributed by atoms with Crippen LogP contribution >= 0.6 is 0 Å². The highest BCUT2D eigenvalue weighted by atomic mass is 16.7. The fourth-order valence-corrected chi connectivity index (χ4v) is 4.44. The molecule has 0 saturated heterocycles. The Balaban J connectivity index is 1.56. The molecule has 1 aliphatic heterocycles. The van der Waals surface area contributed by atoms with E-state index in [-0.39, 0.29) is 18.7 Å². The Kier molecular flexibility index (Phi) is 5.00. The molecule has 2 N–H and O–H groups in total. The van der Waals surface area contributed by atoms with E-state index in [0.29, 0.717) is 6.42 Å². The first-order valence-electron chi connectivity index (χ1n) is 10.5. The van der Waals surface area contributed by atoms with E-state index in [9.17, 15) is 4.79 Å². The Morgan fingerprint density at radius 2 is 1.55 bits per heavy atom. The number of amides is 1. The van der Waals surface area contributed by atoms with Crippen molar-refractivity contribution in [2.24, 2.45) is 0 Å². The normalized spacial score (nSPS) is 13.5. The van der Waals surface area contributed by atoms with Gasteiger partial charge in [0.1, 0.15) is 0 Å². The number of rotatable bonds is 5. The van der Waals surface area contributed by atoms with Gasteiger partial charge in [-0.05, 0) is 33.9 Å². The van der Waals surface area contributed by atoms with E-state index in [2.05, 4.69) is 77.2 Å². The van der Waals surface area contributed by atoms with Crippen molar-refractivity contribution in [1.82, 2.24) is 5.06 Å². The number of nitrogens with one attached hydrogen (secondary N) is 2. The zero-order chi connectivity index (χ0) is 21.4. The van der Waals surface area contributed by atoms with Crippen LogP contribution in [0.4, 0.5) is 11.4 Å². The summed E-state index contributed by atoms with van der Waals surface area (Å²) in [6.07, 6.45) is 0.311. The predicted molar refractivity (Wildman–Crippen MR) is 128 cm³/mol. The number of hydrogen-bond donors (Lipinski definition) is 2. The first kappa shape index (κ1) is 19.5. The summed E-state index contributed by atoms with van der Waals surface area (Å²) in [5.74, 6) is -0.167. The summed E-state index contributed by atoms with van der Waals surface area (Å²) in [5.41, 5.74) is 3.26. The molecule has 1 atom stereocenters. The summed E-state index contributed by atoms with van der Waals surface area (Å²) in [7, 11) is 3.16. The molecule has 1 amide bonds. The van der Waals surface area contributed by atoms with E-state index in [4.69, 9.17) is 4.84 Å². The second-order valence-electron chi connectivity index (χ2n) is 7.97. The van der Waals surface area contributed by atoms with Gasteiger partial charge in [0, 0.05) is 36.0 Å². The minimum absolute atomic E-state index is 0.0682. The second-order valence-corrected chi connectivity index (χ2v) is 7.97. The maximum Gasteiger partial charge on any atom is 0.378 e. The minimum atomic E-state index is -0.143. The lowest BCUT2D eigenvalue weighted by molar-refractivity contribution is -0.168. The van der Waals surface area contributed by atoms with Crippen molar-refractivity contribution >= 4 is 45.8 Å². The molecule has 4 aromatic carbocycles. The first-order valence-corrected chi connectivity index (χ1v) is 10.5. The number of fused-ring (bicyclic) bond motifs is 1. The van der Waals surface area contributed by atoms with Crippen LogP contribution in [0.5, 0.6) is 0 Å². The molecule has 0 aliphatic carbocycles. The maximum absolute atomic E-state index is 12.8. The van der Waals surface area contributed by atoms with Crippen molar-refractivity contribution < 1.29 is 9.63 Å². The van der Waals surface area contributed by atoms with Gasteiger partial charge in [-0.25, -0.2) is 5.06 Å². The topological polar surface area (TPSA) is 53.6 Å².